The molecule has 0 aliphatic heterocycles. The molecule has 0 saturated heterocycles. The van der Waals surface area contributed by atoms with Crippen LogP contribution in [0, 0.1) is 0 Å². The van der Waals surface area contributed by atoms with Crippen LogP contribution < -0.4 is 11.1 Å². The summed E-state index contributed by atoms with van der Waals surface area (Å²) in [4.78, 5) is 25.2. The van der Waals surface area contributed by atoms with Crippen molar-refractivity contribution in [3.8, 4) is 0 Å². The third kappa shape index (κ3) is 3.83. The van der Waals surface area contributed by atoms with Crippen molar-refractivity contribution in [3.05, 3.63) is 16.0 Å². The monoisotopic (exact) mass is 310 g/mol. The van der Waals surface area contributed by atoms with Crippen LogP contribution in [-0.2, 0) is 22.4 Å². The molecule has 0 radical (unpaired) electrons. The fourth-order valence-electron chi connectivity index (χ4n) is 2.44. The summed E-state index contributed by atoms with van der Waals surface area (Å²) in [7, 11) is 1.36. The van der Waals surface area contributed by atoms with Gasteiger partial charge in [0.2, 0.25) is 5.91 Å². The number of esters is 1. The summed E-state index contributed by atoms with van der Waals surface area (Å²) < 4.78 is 4.85. The Kier molecular flexibility index (Phi) is 4.68. The number of nitrogens with two attached hydrogens (primary N) is 1. The fraction of sp³-hybridized carbons (Fsp3) is 0.600. The van der Waals surface area contributed by atoms with E-state index in [9.17, 15) is 9.59 Å². The van der Waals surface area contributed by atoms with Crippen molar-refractivity contribution >= 4 is 28.2 Å². The van der Waals surface area contributed by atoms with E-state index in [2.05, 4.69) is 5.32 Å². The lowest BCUT2D eigenvalue weighted by molar-refractivity contribution is -0.116. The Balaban J connectivity index is 2.13. The number of aryl methyl sites for hydroxylation is 1. The van der Waals surface area contributed by atoms with Crippen LogP contribution in [0.25, 0.3) is 0 Å². The van der Waals surface area contributed by atoms with Crippen molar-refractivity contribution in [3.63, 3.8) is 0 Å². The van der Waals surface area contributed by atoms with Gasteiger partial charge in [-0.2, -0.15) is 0 Å². The van der Waals surface area contributed by atoms with Crippen molar-refractivity contribution in [1.29, 1.82) is 0 Å². The molecule has 0 bridgehead atoms. The predicted octanol–water partition coefficient (Wildman–Crippen LogP) is 2.48. The minimum absolute atomic E-state index is 0.112. The summed E-state index contributed by atoms with van der Waals surface area (Å²) in [5.41, 5.74) is 7.09. The largest absolute Gasteiger partial charge is 0.465 e. The topological polar surface area (TPSA) is 81.4 Å². The highest BCUT2D eigenvalue weighted by atomic mass is 32.1. The summed E-state index contributed by atoms with van der Waals surface area (Å²) >= 11 is 1.49. The molecule has 0 spiro atoms. The summed E-state index contributed by atoms with van der Waals surface area (Å²) in [5.74, 6) is -0.484. The standard InChI is InChI=1S/C15H22N2O3S/c1-15(2,16)8-7-11(18)17-13-12(14(19)20-3)9-5-4-6-10(9)21-13/h4-8,16H2,1-3H3,(H,17,18). The van der Waals surface area contributed by atoms with Gasteiger partial charge in [-0.1, -0.05) is 0 Å². The maximum Gasteiger partial charge on any atom is 0.341 e. The number of fused-ring (bicyclic) bond motifs is 1. The van der Waals surface area contributed by atoms with Crippen molar-refractivity contribution in [2.45, 2.75) is 51.5 Å². The van der Waals surface area contributed by atoms with Crippen molar-refractivity contribution in [2.24, 2.45) is 5.73 Å². The van der Waals surface area contributed by atoms with E-state index < -0.39 is 0 Å². The molecule has 2 rings (SSSR count). The second-order valence-electron chi connectivity index (χ2n) is 6.09. The van der Waals surface area contributed by atoms with Gasteiger partial charge in [0.1, 0.15) is 5.00 Å². The summed E-state index contributed by atoms with van der Waals surface area (Å²) in [5, 5.41) is 3.47. The molecule has 5 nitrogen and oxygen atoms in total. The first kappa shape index (κ1) is 16.0. The number of anilines is 1. The SMILES string of the molecule is COC(=O)c1c(NC(=O)CCC(C)(C)N)sc2c1CCC2. The molecule has 3 N–H and O–H groups in total. The molecule has 116 valence electrons. The van der Waals surface area contributed by atoms with E-state index in [1.165, 1.54) is 23.3 Å². The zero-order valence-electron chi connectivity index (χ0n) is 12.7. The van der Waals surface area contributed by atoms with Crippen molar-refractivity contribution in [1.82, 2.24) is 0 Å². The Morgan fingerprint density at radius 3 is 2.71 bits per heavy atom. The molecule has 0 aromatic carbocycles. The first-order valence-electron chi connectivity index (χ1n) is 7.13. The Morgan fingerprint density at radius 1 is 1.38 bits per heavy atom. The molecule has 1 aliphatic carbocycles. The quantitative estimate of drug-likeness (QED) is 0.819. The predicted molar refractivity (Wildman–Crippen MR) is 83.8 cm³/mol. The van der Waals surface area contributed by atoms with Crippen LogP contribution in [0.15, 0.2) is 0 Å². The van der Waals surface area contributed by atoms with Crippen LogP contribution >= 0.6 is 11.3 Å². The number of hydrogen-bond acceptors (Lipinski definition) is 5. The van der Waals surface area contributed by atoms with Crippen molar-refractivity contribution in [2.75, 3.05) is 12.4 Å². The van der Waals surface area contributed by atoms with E-state index in [0.29, 0.717) is 23.4 Å². The number of carbonyl (C=O) groups is 2. The van der Waals surface area contributed by atoms with Crippen LogP contribution in [-0.4, -0.2) is 24.5 Å². The Hall–Kier alpha value is -1.40. The van der Waals surface area contributed by atoms with Gasteiger partial charge in [-0.25, -0.2) is 4.79 Å². The van der Waals surface area contributed by atoms with Crippen molar-refractivity contribution < 1.29 is 14.3 Å². The average molecular weight is 310 g/mol. The maximum absolute atomic E-state index is 12.0. The second kappa shape index (κ2) is 6.15. The molecule has 0 saturated carbocycles. The van der Waals surface area contributed by atoms with Crippen LogP contribution in [0.3, 0.4) is 0 Å². The minimum Gasteiger partial charge on any atom is -0.465 e. The van der Waals surface area contributed by atoms with Gasteiger partial charge in [0.15, 0.2) is 0 Å². The third-order valence-corrected chi connectivity index (χ3v) is 4.77. The number of ether oxygens (including phenoxy) is 1. The van der Waals surface area contributed by atoms with E-state index in [0.717, 1.165) is 24.8 Å². The molecule has 1 amide bonds. The van der Waals surface area contributed by atoms with Gasteiger partial charge in [-0.05, 0) is 45.1 Å². The molecule has 1 aromatic rings. The van der Waals surface area contributed by atoms with Crippen LogP contribution in [0.5, 0.6) is 0 Å². The van der Waals surface area contributed by atoms with E-state index in [1.807, 2.05) is 13.8 Å². The smallest absolute Gasteiger partial charge is 0.341 e. The molecular formula is C15H22N2O3S. The molecule has 6 heteroatoms. The number of carbonyl (C=O) groups excluding carboxylic acids is 2. The lowest BCUT2D eigenvalue weighted by Crippen LogP contribution is -2.33. The zero-order chi connectivity index (χ0) is 15.6. The molecule has 1 aromatic heterocycles. The molecular weight excluding hydrogens is 288 g/mol. The lowest BCUT2D eigenvalue weighted by atomic mass is 10.00. The van der Waals surface area contributed by atoms with E-state index in [4.69, 9.17) is 10.5 Å². The van der Waals surface area contributed by atoms with Gasteiger partial charge >= 0.3 is 5.97 Å². The fourth-order valence-corrected chi connectivity index (χ4v) is 3.73. The molecule has 0 unspecified atom stereocenters. The van der Waals surface area contributed by atoms with Crippen LogP contribution in [0.2, 0.25) is 0 Å². The van der Waals surface area contributed by atoms with E-state index in [1.54, 1.807) is 0 Å². The highest BCUT2D eigenvalue weighted by Gasteiger charge is 2.28. The number of nitrogens with one attached hydrogen (secondary N) is 1. The number of thiophene rings is 1. The number of amides is 1. The first-order valence-corrected chi connectivity index (χ1v) is 7.95. The third-order valence-electron chi connectivity index (χ3n) is 3.56. The minimum atomic E-state index is -0.375. The van der Waals surface area contributed by atoms with Gasteiger partial charge < -0.3 is 15.8 Å². The zero-order valence-corrected chi connectivity index (χ0v) is 13.6. The summed E-state index contributed by atoms with van der Waals surface area (Å²) in [6.07, 6.45) is 3.84. The Labute approximate surface area is 128 Å². The average Bonchev–Trinajstić information content (AvgIpc) is 2.95. The maximum atomic E-state index is 12.0. The van der Waals surface area contributed by atoms with Crippen LogP contribution in [0.1, 0.15) is 53.9 Å². The van der Waals surface area contributed by atoms with Gasteiger partial charge in [-0.3, -0.25) is 4.79 Å². The van der Waals surface area contributed by atoms with Crippen LogP contribution in [0.4, 0.5) is 5.00 Å². The summed E-state index contributed by atoms with van der Waals surface area (Å²) in [6, 6.07) is 0. The van der Waals surface area contributed by atoms with E-state index >= 15 is 0 Å². The van der Waals surface area contributed by atoms with Gasteiger partial charge in [0.05, 0.1) is 12.7 Å². The Morgan fingerprint density at radius 2 is 2.10 bits per heavy atom. The molecule has 1 heterocycles. The number of methoxy groups -OCH3 is 1. The molecule has 1 aliphatic rings. The molecule has 0 fully saturated rings. The first-order chi connectivity index (χ1) is 9.81. The highest BCUT2D eigenvalue weighted by molar-refractivity contribution is 7.17. The normalized spacial score (nSPS) is 13.9. The van der Waals surface area contributed by atoms with Gasteiger partial charge in [0.25, 0.3) is 0 Å². The second-order valence-corrected chi connectivity index (χ2v) is 7.19. The Bertz CT molecular complexity index is 558. The molecule has 0 atom stereocenters. The highest BCUT2D eigenvalue weighted by Crippen LogP contribution is 2.39. The van der Waals surface area contributed by atoms with Gasteiger partial charge in [0, 0.05) is 16.8 Å². The summed E-state index contributed by atoms with van der Waals surface area (Å²) in [6.45, 7) is 3.78. The number of hydrogen-bond donors (Lipinski definition) is 2. The molecule has 21 heavy (non-hydrogen) atoms. The van der Waals surface area contributed by atoms with Gasteiger partial charge in [-0.15, -0.1) is 11.3 Å². The van der Waals surface area contributed by atoms with E-state index in [-0.39, 0.29) is 17.4 Å². The number of rotatable bonds is 5. The lowest BCUT2D eigenvalue weighted by Gasteiger charge is -2.17.